The lowest BCUT2D eigenvalue weighted by Crippen LogP contribution is -2.28. The largest absolute Gasteiger partial charge is 0.294 e. The van der Waals surface area contributed by atoms with E-state index in [4.69, 9.17) is 4.98 Å². The molecule has 0 saturated heterocycles. The minimum Gasteiger partial charge on any atom is -0.294 e. The molecular weight excluding hydrogens is 470 g/mol. The number of aromatic nitrogens is 1. The molecule has 2 aliphatic rings. The lowest BCUT2D eigenvalue weighted by Gasteiger charge is -2.31. The van der Waals surface area contributed by atoms with E-state index in [9.17, 15) is 4.79 Å². The maximum absolute atomic E-state index is 13.2. The topological polar surface area (TPSA) is 30.0 Å². The van der Waals surface area contributed by atoms with Gasteiger partial charge in [-0.3, -0.25) is 9.78 Å². The van der Waals surface area contributed by atoms with Gasteiger partial charge in [-0.15, -0.1) is 0 Å². The molecule has 2 nitrogen and oxygen atoms in total. The molecule has 2 aliphatic carbocycles. The highest BCUT2D eigenvalue weighted by Gasteiger charge is 2.34. The van der Waals surface area contributed by atoms with E-state index in [2.05, 4.69) is 90.4 Å². The van der Waals surface area contributed by atoms with Gasteiger partial charge in [-0.25, -0.2) is 0 Å². The number of carbonyl (C=O) groups is 1. The Morgan fingerprint density at radius 1 is 0.788 bits per heavy atom. The first kappa shape index (κ1) is 20.6. The highest BCUT2D eigenvalue weighted by molar-refractivity contribution is 9.10. The van der Waals surface area contributed by atoms with Crippen LogP contribution in [0.3, 0.4) is 0 Å². The van der Waals surface area contributed by atoms with Crippen molar-refractivity contribution < 1.29 is 4.79 Å². The second-order valence-corrected chi connectivity index (χ2v) is 10.9. The van der Waals surface area contributed by atoms with E-state index in [-0.39, 0.29) is 11.2 Å². The van der Waals surface area contributed by atoms with Crippen molar-refractivity contribution in [2.75, 3.05) is 0 Å². The summed E-state index contributed by atoms with van der Waals surface area (Å²) in [4.78, 5) is 18.3. The minimum absolute atomic E-state index is 0.0771. The van der Waals surface area contributed by atoms with Crippen LogP contribution >= 0.6 is 15.9 Å². The number of rotatable bonds is 2. The second-order valence-electron chi connectivity index (χ2n) is 10.0. The monoisotopic (exact) mass is 493 g/mol. The first-order chi connectivity index (χ1) is 15.9. The molecular formula is C30H24BrNO. The van der Waals surface area contributed by atoms with Gasteiger partial charge in [-0.1, -0.05) is 78.3 Å². The average Bonchev–Trinajstić information content (AvgIpc) is 3.15. The normalized spacial score (nSPS) is 15.7. The van der Waals surface area contributed by atoms with Gasteiger partial charge in [0.05, 0.1) is 11.4 Å². The van der Waals surface area contributed by atoms with Crippen molar-refractivity contribution in [3.63, 3.8) is 0 Å². The molecule has 0 aliphatic heterocycles. The quantitative estimate of drug-likeness (QED) is 0.250. The number of carbonyl (C=O) groups excluding carboxylic acids is 1. The fourth-order valence-electron chi connectivity index (χ4n) is 5.39. The number of halogens is 1. The molecule has 0 fully saturated rings. The molecule has 1 aromatic heterocycles. The molecule has 0 spiro atoms. The van der Waals surface area contributed by atoms with Crippen molar-refractivity contribution in [3.8, 4) is 33.5 Å². The summed E-state index contributed by atoms with van der Waals surface area (Å²) in [5.74, 6) is 0.197. The Bertz CT molecular complexity index is 1430. The molecule has 0 atom stereocenters. The number of hydrogen-bond donors (Lipinski definition) is 0. The summed E-state index contributed by atoms with van der Waals surface area (Å²) in [7, 11) is 0. The van der Waals surface area contributed by atoms with Crippen molar-refractivity contribution in [3.05, 3.63) is 99.7 Å². The minimum atomic E-state index is -0.0771. The Morgan fingerprint density at radius 3 is 2.33 bits per heavy atom. The Kier molecular flexibility index (Phi) is 4.67. The van der Waals surface area contributed by atoms with Crippen molar-refractivity contribution in [2.24, 2.45) is 5.41 Å². The zero-order valence-corrected chi connectivity index (χ0v) is 20.4. The van der Waals surface area contributed by atoms with Gasteiger partial charge in [0.15, 0.2) is 5.78 Å². The molecule has 4 aromatic rings. The zero-order chi connectivity index (χ0) is 22.7. The number of ketones is 1. The third-order valence-electron chi connectivity index (χ3n) is 6.90. The van der Waals surface area contributed by atoms with E-state index in [1.807, 2.05) is 12.1 Å². The maximum atomic E-state index is 13.2. The third kappa shape index (κ3) is 3.55. The highest BCUT2D eigenvalue weighted by Crippen LogP contribution is 2.42. The van der Waals surface area contributed by atoms with Crippen LogP contribution in [0.2, 0.25) is 0 Å². The average molecular weight is 494 g/mol. The molecule has 162 valence electrons. The van der Waals surface area contributed by atoms with Gasteiger partial charge in [-0.05, 0) is 75.9 Å². The Labute approximate surface area is 202 Å². The summed E-state index contributed by atoms with van der Waals surface area (Å²) < 4.78 is 1.03. The first-order valence-electron chi connectivity index (χ1n) is 11.4. The molecule has 3 heteroatoms. The van der Waals surface area contributed by atoms with Gasteiger partial charge in [0.1, 0.15) is 0 Å². The lowest BCUT2D eigenvalue weighted by molar-refractivity contribution is 0.0911. The number of pyridine rings is 1. The van der Waals surface area contributed by atoms with Crippen molar-refractivity contribution in [1.29, 1.82) is 0 Å². The molecule has 0 radical (unpaired) electrons. The SMILES string of the molecule is CC1(C)CC(=O)c2c(-c3ccc(Br)cc3)cc(-c3ccc4c(c3)Cc3ccccc3-4)nc2C1. The van der Waals surface area contributed by atoms with Crippen molar-refractivity contribution >= 4 is 21.7 Å². The summed E-state index contributed by atoms with van der Waals surface area (Å²) in [5, 5.41) is 0. The molecule has 33 heavy (non-hydrogen) atoms. The fraction of sp³-hybridized carbons (Fsp3) is 0.200. The van der Waals surface area contributed by atoms with Gasteiger partial charge in [0, 0.05) is 22.0 Å². The van der Waals surface area contributed by atoms with Crippen LogP contribution in [0.15, 0.2) is 77.3 Å². The molecule has 0 unspecified atom stereocenters. The highest BCUT2D eigenvalue weighted by atomic mass is 79.9. The lowest BCUT2D eigenvalue weighted by atomic mass is 9.74. The first-order valence-corrected chi connectivity index (χ1v) is 12.2. The molecule has 1 heterocycles. The number of hydrogen-bond acceptors (Lipinski definition) is 2. The molecule has 3 aromatic carbocycles. The summed E-state index contributed by atoms with van der Waals surface area (Å²) in [6.07, 6.45) is 2.32. The Balaban J connectivity index is 1.52. The standard InChI is InChI=1S/C30H24BrNO/c1-30(2)16-27-29(28(33)17-30)25(18-7-10-22(31)11-8-18)15-26(32-27)20-9-12-24-21(14-20)13-19-5-3-4-6-23(19)24/h3-12,14-15H,13,16-17H2,1-2H3. The summed E-state index contributed by atoms with van der Waals surface area (Å²) in [6.45, 7) is 4.32. The van der Waals surface area contributed by atoms with Gasteiger partial charge < -0.3 is 0 Å². The smallest absolute Gasteiger partial charge is 0.165 e. The van der Waals surface area contributed by atoms with Crippen LogP contribution in [0.25, 0.3) is 33.5 Å². The molecule has 0 bridgehead atoms. The van der Waals surface area contributed by atoms with Gasteiger partial charge in [-0.2, -0.15) is 0 Å². The number of fused-ring (bicyclic) bond motifs is 4. The second kappa shape index (κ2) is 7.50. The summed E-state index contributed by atoms with van der Waals surface area (Å²) >= 11 is 3.53. The number of benzene rings is 3. The third-order valence-corrected chi connectivity index (χ3v) is 7.43. The predicted molar refractivity (Wildman–Crippen MR) is 137 cm³/mol. The molecule has 0 N–H and O–H groups in total. The maximum Gasteiger partial charge on any atom is 0.165 e. The van der Waals surface area contributed by atoms with Crippen LogP contribution in [0.5, 0.6) is 0 Å². The molecule has 6 rings (SSSR count). The van der Waals surface area contributed by atoms with E-state index in [1.165, 1.54) is 22.3 Å². The van der Waals surface area contributed by atoms with Gasteiger partial charge in [0.2, 0.25) is 0 Å². The van der Waals surface area contributed by atoms with Crippen LogP contribution < -0.4 is 0 Å². The van der Waals surface area contributed by atoms with Crippen molar-refractivity contribution in [1.82, 2.24) is 4.98 Å². The Morgan fingerprint density at radius 2 is 1.52 bits per heavy atom. The van der Waals surface area contributed by atoms with Crippen LogP contribution in [-0.2, 0) is 12.8 Å². The van der Waals surface area contributed by atoms with E-state index < -0.39 is 0 Å². The molecule has 0 amide bonds. The number of nitrogens with zero attached hydrogens (tertiary/aromatic N) is 1. The predicted octanol–water partition coefficient (Wildman–Crippen LogP) is 7.90. The fourth-order valence-corrected chi connectivity index (χ4v) is 5.65. The van der Waals surface area contributed by atoms with Crippen LogP contribution in [0.4, 0.5) is 0 Å². The van der Waals surface area contributed by atoms with Gasteiger partial charge in [0.25, 0.3) is 0 Å². The van der Waals surface area contributed by atoms with E-state index in [0.29, 0.717) is 6.42 Å². The van der Waals surface area contributed by atoms with Gasteiger partial charge >= 0.3 is 0 Å². The van der Waals surface area contributed by atoms with Crippen LogP contribution in [0.1, 0.15) is 47.4 Å². The summed E-state index contributed by atoms with van der Waals surface area (Å²) in [5.41, 5.74) is 11.1. The van der Waals surface area contributed by atoms with Crippen molar-refractivity contribution in [2.45, 2.75) is 33.1 Å². The Hall–Kier alpha value is -3.04. The van der Waals surface area contributed by atoms with E-state index >= 15 is 0 Å². The molecule has 0 saturated carbocycles. The van der Waals surface area contributed by atoms with E-state index in [0.717, 1.165) is 51.0 Å². The summed E-state index contributed by atoms with van der Waals surface area (Å²) in [6, 6.07) is 25.7. The van der Waals surface area contributed by atoms with Crippen LogP contribution in [-0.4, -0.2) is 10.8 Å². The van der Waals surface area contributed by atoms with E-state index in [1.54, 1.807) is 0 Å². The number of Topliss-reactive ketones (excluding diaryl/α,β-unsaturated/α-hetero) is 1. The zero-order valence-electron chi connectivity index (χ0n) is 18.8. The van der Waals surface area contributed by atoms with Crippen LogP contribution in [0, 0.1) is 5.41 Å².